The van der Waals surface area contributed by atoms with Crippen LogP contribution >= 0.6 is 0 Å². The zero-order valence-electron chi connectivity index (χ0n) is 70.7. The molecule has 0 atom stereocenters. The van der Waals surface area contributed by atoms with Gasteiger partial charge in [0, 0.05) is 83.5 Å². The Morgan fingerprint density at radius 2 is 0.537 bits per heavy atom. The number of hydrogen-bond acceptors (Lipinski definition) is 4. The lowest BCUT2D eigenvalue weighted by atomic mass is 9.33. The number of nitrogens with zero attached hydrogens (tertiary/aromatic N) is 6. The van der Waals surface area contributed by atoms with Crippen LogP contribution in [0.4, 0.5) is 34.1 Å². The number of aromatic nitrogens is 2. The Morgan fingerprint density at radius 1 is 0.248 bits per heavy atom. The van der Waals surface area contributed by atoms with Crippen molar-refractivity contribution in [3.8, 4) is 101 Å². The first-order chi connectivity index (χ1) is 58.5. The fraction of sp³-hybridized carbons (Fsp3) is 0.140. The highest BCUT2D eigenvalue weighted by Gasteiger charge is 2.47. The Hall–Kier alpha value is -14.2. The molecule has 2 aliphatic rings. The maximum atomic E-state index is 11.4. The van der Waals surface area contributed by atoms with Gasteiger partial charge in [-0.2, -0.15) is 10.5 Å². The molecule has 16 aromatic carbocycles. The quantitative estimate of drug-likeness (QED) is 0.121. The van der Waals surface area contributed by atoms with E-state index in [1.165, 1.54) is 43.8 Å². The summed E-state index contributed by atoms with van der Waals surface area (Å²) in [6, 6.07) is 134. The average Bonchev–Trinajstić information content (AvgIpc) is 0.884. The molecule has 20 rings (SSSR count). The van der Waals surface area contributed by atoms with Crippen LogP contribution in [0.15, 0.2) is 346 Å². The summed E-state index contributed by atoms with van der Waals surface area (Å²) in [4.78, 5) is 5.37. The monoisotopic (exact) mass is 1560 g/mol. The lowest BCUT2D eigenvalue weighted by molar-refractivity contribution is 0.590. The fourth-order valence-electron chi connectivity index (χ4n) is 19.2. The SMILES string of the molecule is CC(C)(C)c1cccc(-c2cc(-c3ccccc3)cc(-c3cccc(C(C)(C)C)c3)c2N2c3cc(-n4c5ccccc5c5ccccc54)ccc3B3c4ccc(-n5c6ccccc6c6ccccc65)cc4N(c4c(-c5cccc(C(C)(C)C)c5)cc(-c5c(C#N)cccc5C#N)cc4-c4cccc(C(C)(C)C)c4)c4cc(-c5ccccc5)cc2c43)c1. The molecular formula is C114H93BN6. The molecule has 582 valence electrons. The second-order valence-electron chi connectivity index (χ2n) is 37.1. The minimum Gasteiger partial charge on any atom is -0.310 e. The van der Waals surface area contributed by atoms with Crippen LogP contribution in [0.3, 0.4) is 0 Å². The fourth-order valence-corrected chi connectivity index (χ4v) is 19.2. The minimum absolute atomic E-state index is 0.199. The highest BCUT2D eigenvalue weighted by Crippen LogP contribution is 2.57. The molecule has 7 heteroatoms. The summed E-state index contributed by atoms with van der Waals surface area (Å²) in [6.45, 7) is 27.3. The van der Waals surface area contributed by atoms with Gasteiger partial charge in [0.2, 0.25) is 0 Å². The van der Waals surface area contributed by atoms with E-state index in [1.807, 2.05) is 18.2 Å². The maximum Gasteiger partial charge on any atom is 0.252 e. The Labute approximate surface area is 710 Å². The van der Waals surface area contributed by atoms with Gasteiger partial charge in [0.1, 0.15) is 0 Å². The van der Waals surface area contributed by atoms with Crippen LogP contribution in [0.5, 0.6) is 0 Å². The number of fused-ring (bicyclic) bond motifs is 10. The van der Waals surface area contributed by atoms with Crippen molar-refractivity contribution in [2.24, 2.45) is 0 Å². The van der Waals surface area contributed by atoms with E-state index >= 15 is 0 Å². The molecule has 0 unspecified atom stereocenters. The lowest BCUT2D eigenvalue weighted by Crippen LogP contribution is -2.61. The van der Waals surface area contributed by atoms with Gasteiger partial charge < -0.3 is 18.9 Å². The number of benzene rings is 16. The molecule has 18 aromatic rings. The molecule has 0 fully saturated rings. The molecule has 0 aliphatic carbocycles. The maximum absolute atomic E-state index is 11.4. The summed E-state index contributed by atoms with van der Waals surface area (Å²) >= 11 is 0. The van der Waals surface area contributed by atoms with Crippen LogP contribution in [-0.2, 0) is 21.7 Å². The van der Waals surface area contributed by atoms with Crippen LogP contribution in [0, 0.1) is 22.7 Å². The van der Waals surface area contributed by atoms with E-state index in [0.29, 0.717) is 16.7 Å². The van der Waals surface area contributed by atoms with Crippen molar-refractivity contribution in [3.63, 3.8) is 0 Å². The van der Waals surface area contributed by atoms with Gasteiger partial charge in [-0.3, -0.25) is 0 Å². The van der Waals surface area contributed by atoms with E-state index in [9.17, 15) is 10.5 Å². The molecule has 0 radical (unpaired) electrons. The summed E-state index contributed by atoms with van der Waals surface area (Å²) in [6.07, 6.45) is 0. The molecule has 0 N–H and O–H groups in total. The standard InChI is InChI=1S/C114H93BN6/c1-111(2,3)83-42-28-36-74(58-83)93-62-80(72-32-15-13-16-33-72)63-94(75-37-29-43-84(59-75)112(4,5)6)109(93)120-103-68-87(118-99-50-23-19-46-89(99)90-47-20-24-51-100(90)118)54-56-97(103)115-98-57-55-88(119-101-52-25-21-48-91(101)92-49-22-26-53-102(92)119)69-104(98)121(106-67-81(66-105(120)108(106)115)73-34-17-14-18-35-73)110-95(76-38-30-44-85(60-76)113(7,8)9)64-82(107-78(70-116)40-27-41-79(107)71-117)65-96(110)77-39-31-45-86(61-77)114(10,11)12/h13-69H,1-12H3. The largest absolute Gasteiger partial charge is 0.310 e. The topological polar surface area (TPSA) is 63.9 Å². The first-order valence-electron chi connectivity index (χ1n) is 42.3. The van der Waals surface area contributed by atoms with Crippen molar-refractivity contribution in [1.29, 1.82) is 10.5 Å². The Balaban J connectivity index is 1.01. The smallest absolute Gasteiger partial charge is 0.252 e. The Bertz CT molecular complexity index is 7060. The van der Waals surface area contributed by atoms with Gasteiger partial charge in [0.15, 0.2) is 0 Å². The number of anilines is 6. The number of hydrogen-bond donors (Lipinski definition) is 0. The van der Waals surface area contributed by atoms with Crippen molar-refractivity contribution < 1.29 is 0 Å². The molecule has 6 nitrogen and oxygen atoms in total. The number of para-hydroxylation sites is 4. The van der Waals surface area contributed by atoms with Crippen molar-refractivity contribution in [2.45, 2.75) is 105 Å². The summed E-state index contributed by atoms with van der Waals surface area (Å²) in [5, 5.41) is 27.5. The summed E-state index contributed by atoms with van der Waals surface area (Å²) in [7, 11) is 0. The first-order valence-corrected chi connectivity index (χ1v) is 42.3. The zero-order valence-corrected chi connectivity index (χ0v) is 70.7. The lowest BCUT2D eigenvalue weighted by Gasteiger charge is -2.46. The highest BCUT2D eigenvalue weighted by atomic mass is 15.2. The third kappa shape index (κ3) is 12.8. The summed E-state index contributed by atoms with van der Waals surface area (Å²) in [5.41, 5.74) is 34.7. The van der Waals surface area contributed by atoms with Gasteiger partial charge >= 0.3 is 0 Å². The second kappa shape index (κ2) is 28.8. The van der Waals surface area contributed by atoms with Gasteiger partial charge in [0.05, 0.1) is 56.7 Å². The second-order valence-corrected chi connectivity index (χ2v) is 37.1. The van der Waals surface area contributed by atoms with E-state index in [4.69, 9.17) is 0 Å². The van der Waals surface area contributed by atoms with Crippen molar-refractivity contribution in [2.75, 3.05) is 9.80 Å². The molecule has 4 heterocycles. The molecule has 2 aliphatic heterocycles. The number of rotatable bonds is 11. The molecular weight excluding hydrogens is 1460 g/mol. The van der Waals surface area contributed by atoms with Crippen LogP contribution in [-0.4, -0.2) is 15.8 Å². The molecule has 0 saturated carbocycles. The molecule has 0 bridgehead atoms. The predicted molar refractivity (Wildman–Crippen MR) is 511 cm³/mol. The molecule has 0 amide bonds. The third-order valence-corrected chi connectivity index (χ3v) is 25.3. The van der Waals surface area contributed by atoms with Crippen LogP contribution in [0.25, 0.3) is 133 Å². The van der Waals surface area contributed by atoms with Crippen molar-refractivity contribution in [1.82, 2.24) is 9.13 Å². The van der Waals surface area contributed by atoms with E-state index in [2.05, 4.69) is 442 Å². The normalized spacial score (nSPS) is 12.7. The highest BCUT2D eigenvalue weighted by molar-refractivity contribution is 7.00. The van der Waals surface area contributed by atoms with Crippen LogP contribution in [0.1, 0.15) is 116 Å². The van der Waals surface area contributed by atoms with Gasteiger partial charge in [-0.25, -0.2) is 0 Å². The van der Waals surface area contributed by atoms with Crippen molar-refractivity contribution >= 4 is 101 Å². The van der Waals surface area contributed by atoms with Gasteiger partial charge in [-0.05, 0) is 207 Å². The summed E-state index contributed by atoms with van der Waals surface area (Å²) < 4.78 is 4.96. The summed E-state index contributed by atoms with van der Waals surface area (Å²) in [5.74, 6) is 0. The van der Waals surface area contributed by atoms with E-state index in [0.717, 1.165) is 156 Å². The van der Waals surface area contributed by atoms with Gasteiger partial charge in [-0.1, -0.05) is 332 Å². The third-order valence-electron chi connectivity index (χ3n) is 25.3. The molecule has 0 saturated heterocycles. The first kappa shape index (κ1) is 75.5. The van der Waals surface area contributed by atoms with Crippen molar-refractivity contribution in [3.05, 3.63) is 379 Å². The molecule has 0 spiro atoms. The zero-order chi connectivity index (χ0) is 83.1. The van der Waals surface area contributed by atoms with Crippen LogP contribution < -0.4 is 26.2 Å². The van der Waals surface area contributed by atoms with E-state index < -0.39 is 6.71 Å². The number of nitriles is 2. The van der Waals surface area contributed by atoms with Gasteiger partial charge in [-0.15, -0.1) is 0 Å². The predicted octanol–water partition coefficient (Wildman–Crippen LogP) is 28.6. The van der Waals surface area contributed by atoms with Gasteiger partial charge in [0.25, 0.3) is 6.71 Å². The Kier molecular flexibility index (Phi) is 18.0. The Morgan fingerprint density at radius 3 is 0.860 bits per heavy atom. The molecule has 121 heavy (non-hydrogen) atoms. The van der Waals surface area contributed by atoms with Crippen LogP contribution in [0.2, 0.25) is 0 Å². The van der Waals surface area contributed by atoms with E-state index in [-0.39, 0.29) is 21.7 Å². The minimum atomic E-state index is -0.393. The average molecular weight is 1560 g/mol. The van der Waals surface area contributed by atoms with E-state index in [1.54, 1.807) is 0 Å². The molecule has 2 aromatic heterocycles.